The summed E-state index contributed by atoms with van der Waals surface area (Å²) in [6, 6.07) is 19.0. The summed E-state index contributed by atoms with van der Waals surface area (Å²) < 4.78 is 5.04. The fraction of sp³-hybridized carbons (Fsp3) is 0.640. The third-order valence-electron chi connectivity index (χ3n) is 11.0. The van der Waals surface area contributed by atoms with Crippen LogP contribution < -0.4 is 9.80 Å². The van der Waals surface area contributed by atoms with Gasteiger partial charge in [-0.15, -0.1) is 0 Å². The first-order valence-electron chi connectivity index (χ1n) is 23.4. The van der Waals surface area contributed by atoms with E-state index in [9.17, 15) is 0 Å². The molecule has 0 heterocycles. The van der Waals surface area contributed by atoms with Crippen LogP contribution in [-0.2, 0) is 0 Å². The van der Waals surface area contributed by atoms with Gasteiger partial charge in [-0.25, -0.2) is 0 Å². The molecule has 0 aromatic heterocycles. The highest BCUT2D eigenvalue weighted by Gasteiger charge is 2.28. The van der Waals surface area contributed by atoms with Gasteiger partial charge in [-0.05, 0) is 75.6 Å². The summed E-state index contributed by atoms with van der Waals surface area (Å²) in [7, 11) is 0. The first-order valence-corrected chi connectivity index (χ1v) is 23.4. The average molecular weight is 769 g/mol. The molecule has 0 radical (unpaired) electrons. The Morgan fingerprint density at radius 1 is 0.321 bits per heavy atom. The minimum atomic E-state index is 1.05. The van der Waals surface area contributed by atoms with Crippen molar-refractivity contribution in [3.63, 3.8) is 0 Å². The summed E-state index contributed by atoms with van der Waals surface area (Å²) >= 11 is 0. The quantitative estimate of drug-likeness (QED) is 0.0447. The van der Waals surface area contributed by atoms with E-state index in [2.05, 4.69) is 157 Å². The molecule has 0 amide bonds. The lowest BCUT2D eigenvalue weighted by Crippen LogP contribution is -2.39. The average Bonchev–Trinajstić information content (AvgIpc) is 3.23. The van der Waals surface area contributed by atoms with Gasteiger partial charge in [-0.2, -0.15) is 10.0 Å². The number of allylic oxidation sites excluding steroid dienone is 4. The van der Waals surface area contributed by atoms with Crippen LogP contribution in [0.3, 0.4) is 0 Å². The van der Waals surface area contributed by atoms with E-state index in [1.807, 2.05) is 0 Å². The smallest absolute Gasteiger partial charge is 0.236 e. The molecule has 0 fully saturated rings. The molecule has 0 unspecified atom stereocenters. The second-order valence-electron chi connectivity index (χ2n) is 15.9. The normalized spacial score (nSPS) is 12.4. The van der Waals surface area contributed by atoms with Crippen molar-refractivity contribution in [3.8, 4) is 0 Å². The molecular formula is C50H84N6+2. The predicted molar refractivity (Wildman–Crippen MR) is 248 cm³/mol. The van der Waals surface area contributed by atoms with Crippen LogP contribution in [0.2, 0.25) is 0 Å². The molecule has 0 saturated heterocycles. The van der Waals surface area contributed by atoms with Gasteiger partial charge in [0.05, 0.1) is 26.2 Å². The maximum Gasteiger partial charge on any atom is 0.236 e. The molecular weight excluding hydrogens is 685 g/mol. The third-order valence-corrected chi connectivity index (χ3v) is 11.0. The van der Waals surface area contributed by atoms with E-state index in [-0.39, 0.29) is 0 Å². The van der Waals surface area contributed by atoms with Crippen LogP contribution in [0.15, 0.2) is 72.8 Å². The summed E-state index contributed by atoms with van der Waals surface area (Å²) in [6.45, 7) is 27.1. The van der Waals surface area contributed by atoms with Crippen LogP contribution >= 0.6 is 0 Å². The summed E-state index contributed by atoms with van der Waals surface area (Å²) in [5.41, 5.74) is 7.65. The lowest BCUT2D eigenvalue weighted by atomic mass is 10.1. The minimum absolute atomic E-state index is 1.05. The number of hydrogen-bond acceptors (Lipinski definition) is 4. The molecule has 1 aliphatic carbocycles. The Morgan fingerprint density at radius 3 is 0.786 bits per heavy atom. The van der Waals surface area contributed by atoms with E-state index in [0.29, 0.717) is 0 Å². The lowest BCUT2D eigenvalue weighted by molar-refractivity contribution is -0.624. The van der Waals surface area contributed by atoms with Gasteiger partial charge in [0.15, 0.2) is 0 Å². The molecule has 0 aliphatic heterocycles. The number of hydrazone groups is 2. The number of hydrazine groups is 2. The first-order chi connectivity index (χ1) is 27.5. The van der Waals surface area contributed by atoms with Crippen molar-refractivity contribution in [3.05, 3.63) is 72.8 Å². The monoisotopic (exact) mass is 769 g/mol. The molecule has 0 bridgehead atoms. The Kier molecular flexibility index (Phi) is 23.4. The zero-order chi connectivity index (χ0) is 40.4. The van der Waals surface area contributed by atoms with Crippen LogP contribution in [0, 0.1) is 0 Å². The standard InChI is InChI=1S/C50H84N6/c1-9-17-37-51(38-18-10-2)45-25-29-47(30-26-45)55(53(41-21-13-5)42-22-14-6)49-33-35-50(36-34-49)56(54(43-23-15-7)44-24-16-8)48-31-27-46(28-32-48)52(39-19-11-3)40-20-12-4/h25-36H,9-24,37-44H2,1-8H3/q+2. The van der Waals surface area contributed by atoms with Crippen molar-refractivity contribution in [1.82, 2.24) is 10.0 Å². The number of benzene rings is 2. The Morgan fingerprint density at radius 2 is 0.554 bits per heavy atom. The minimum Gasteiger partial charge on any atom is -0.372 e. The van der Waals surface area contributed by atoms with E-state index < -0.39 is 0 Å². The lowest BCUT2D eigenvalue weighted by Gasteiger charge is -2.26. The number of rotatable bonds is 30. The zero-order valence-corrected chi connectivity index (χ0v) is 37.6. The van der Waals surface area contributed by atoms with Crippen molar-refractivity contribution in [2.75, 3.05) is 62.2 Å². The number of nitrogens with zero attached hydrogens (tertiary/aromatic N) is 6. The van der Waals surface area contributed by atoms with E-state index in [4.69, 9.17) is 0 Å². The van der Waals surface area contributed by atoms with Gasteiger partial charge < -0.3 is 9.80 Å². The largest absolute Gasteiger partial charge is 0.372 e. The highest BCUT2D eigenvalue weighted by molar-refractivity contribution is 6.15. The van der Waals surface area contributed by atoms with E-state index in [1.165, 1.54) is 137 Å². The molecule has 312 valence electrons. The molecule has 2 aromatic carbocycles. The summed E-state index contributed by atoms with van der Waals surface area (Å²) in [6.07, 6.45) is 28.8. The van der Waals surface area contributed by atoms with Crippen LogP contribution in [0.25, 0.3) is 0 Å². The molecule has 6 heteroatoms. The second-order valence-corrected chi connectivity index (χ2v) is 15.9. The molecule has 0 atom stereocenters. The van der Waals surface area contributed by atoms with Crippen molar-refractivity contribution in [2.24, 2.45) is 0 Å². The van der Waals surface area contributed by atoms with Crippen molar-refractivity contribution >= 4 is 34.2 Å². The molecule has 0 N–H and O–H groups in total. The summed E-state index contributed by atoms with van der Waals surface area (Å²) in [5.74, 6) is 0. The second kappa shape index (κ2) is 28.0. The maximum atomic E-state index is 2.61. The zero-order valence-electron chi connectivity index (χ0n) is 37.6. The Hall–Kier alpha value is -3.54. The van der Waals surface area contributed by atoms with Crippen molar-refractivity contribution < 1.29 is 9.37 Å². The Bertz CT molecular complexity index is 1290. The van der Waals surface area contributed by atoms with Gasteiger partial charge >= 0.3 is 0 Å². The van der Waals surface area contributed by atoms with Crippen LogP contribution in [-0.4, -0.2) is 83.2 Å². The van der Waals surface area contributed by atoms with Crippen molar-refractivity contribution in [2.45, 2.75) is 158 Å². The van der Waals surface area contributed by atoms with Gasteiger partial charge in [-0.1, -0.05) is 116 Å². The Balaban J connectivity index is 2.16. The van der Waals surface area contributed by atoms with Crippen LogP contribution in [0.5, 0.6) is 0 Å². The fourth-order valence-electron chi connectivity index (χ4n) is 7.42. The molecule has 0 saturated carbocycles. The van der Waals surface area contributed by atoms with Gasteiger partial charge in [0.1, 0.15) is 0 Å². The van der Waals surface area contributed by atoms with Gasteiger partial charge in [0.25, 0.3) is 0 Å². The summed E-state index contributed by atoms with van der Waals surface area (Å²) in [5, 5.41) is 5.22. The van der Waals surface area contributed by atoms with E-state index in [0.717, 1.165) is 52.4 Å². The molecule has 6 nitrogen and oxygen atoms in total. The van der Waals surface area contributed by atoms with Crippen LogP contribution in [0.4, 0.5) is 22.7 Å². The summed E-state index contributed by atoms with van der Waals surface area (Å²) in [4.78, 5) is 5.19. The van der Waals surface area contributed by atoms with E-state index >= 15 is 0 Å². The first kappa shape index (κ1) is 46.8. The highest BCUT2D eigenvalue weighted by atomic mass is 15.6. The topological polar surface area (TPSA) is 19.0 Å². The fourth-order valence-corrected chi connectivity index (χ4v) is 7.42. The number of unbranched alkanes of at least 4 members (excludes halogenated alkanes) is 8. The highest BCUT2D eigenvalue weighted by Crippen LogP contribution is 2.26. The molecule has 0 spiro atoms. The van der Waals surface area contributed by atoms with Gasteiger partial charge in [0, 0.05) is 86.1 Å². The molecule has 56 heavy (non-hydrogen) atoms. The van der Waals surface area contributed by atoms with Gasteiger partial charge in [0.2, 0.25) is 22.8 Å². The Labute approximate surface area is 345 Å². The molecule has 1 aliphatic rings. The predicted octanol–water partition coefficient (Wildman–Crippen LogP) is 13.1. The molecule has 3 rings (SSSR count). The van der Waals surface area contributed by atoms with Gasteiger partial charge in [-0.3, -0.25) is 0 Å². The number of hydrogen-bond donors (Lipinski definition) is 0. The van der Waals surface area contributed by atoms with E-state index in [1.54, 1.807) is 0 Å². The third kappa shape index (κ3) is 15.1. The maximum absolute atomic E-state index is 2.61. The molecule has 2 aromatic rings. The number of anilines is 2. The SMILES string of the molecule is CCCCN(CCCC)c1ccc([N+](=C2C=CC(=[N+](c3ccc(N(CCCC)CCCC)cc3)N(CCCC)CCCC)C=C2)N(CCCC)CCCC)cc1. The van der Waals surface area contributed by atoms with Crippen LogP contribution in [0.1, 0.15) is 158 Å². The van der Waals surface area contributed by atoms with Crippen molar-refractivity contribution in [1.29, 1.82) is 0 Å².